The minimum absolute atomic E-state index is 0.574. The lowest BCUT2D eigenvalue weighted by Gasteiger charge is -2.00. The van der Waals surface area contributed by atoms with Crippen LogP contribution in [0.4, 0.5) is 0 Å². The summed E-state index contributed by atoms with van der Waals surface area (Å²) in [5.41, 5.74) is 1.88. The molecule has 4 rings (SSSR count). The molecule has 2 aromatic heterocycles. The van der Waals surface area contributed by atoms with Crippen molar-refractivity contribution >= 4 is 22.7 Å². The number of fused-ring (bicyclic) bond motifs is 1. The number of rotatable bonds is 5. The summed E-state index contributed by atoms with van der Waals surface area (Å²) in [4.78, 5) is 9.08. The summed E-state index contributed by atoms with van der Waals surface area (Å²) in [6, 6.07) is 19.7. The SMILES string of the molecule is COc1ccc(-c2noc(CSc3ccc4ccccc4n3)n2)cc1. The summed E-state index contributed by atoms with van der Waals surface area (Å²) in [6.45, 7) is 0. The smallest absolute Gasteiger partial charge is 0.237 e. The van der Waals surface area contributed by atoms with Crippen molar-refractivity contribution in [2.75, 3.05) is 7.11 Å². The molecule has 0 aliphatic rings. The second-order valence-electron chi connectivity index (χ2n) is 5.37. The Balaban J connectivity index is 1.46. The highest BCUT2D eigenvalue weighted by Crippen LogP contribution is 2.25. The first-order valence-corrected chi connectivity index (χ1v) is 8.76. The topological polar surface area (TPSA) is 61.0 Å². The van der Waals surface area contributed by atoms with Gasteiger partial charge in [-0.15, -0.1) is 0 Å². The zero-order valence-electron chi connectivity index (χ0n) is 13.5. The van der Waals surface area contributed by atoms with Crippen LogP contribution in [0.25, 0.3) is 22.3 Å². The van der Waals surface area contributed by atoms with Crippen LogP contribution in [0.15, 0.2) is 70.2 Å². The molecule has 6 heteroatoms. The lowest BCUT2D eigenvalue weighted by Crippen LogP contribution is -1.86. The summed E-state index contributed by atoms with van der Waals surface area (Å²) in [7, 11) is 1.64. The standard InChI is InChI=1S/C19H15N3O2S/c1-23-15-9-6-14(7-10-15)19-21-17(24-22-19)12-25-18-11-8-13-4-2-3-5-16(13)20-18/h2-11H,12H2,1H3. The van der Waals surface area contributed by atoms with E-state index in [4.69, 9.17) is 9.26 Å². The molecule has 0 spiro atoms. The predicted octanol–water partition coefficient (Wildman–Crippen LogP) is 4.59. The molecule has 0 aliphatic carbocycles. The van der Waals surface area contributed by atoms with E-state index in [0.717, 1.165) is 27.2 Å². The summed E-state index contributed by atoms with van der Waals surface area (Å²) in [6.07, 6.45) is 0. The average Bonchev–Trinajstić information content (AvgIpc) is 3.15. The number of hydrogen-bond donors (Lipinski definition) is 0. The number of nitrogens with zero attached hydrogens (tertiary/aromatic N) is 3. The highest BCUT2D eigenvalue weighted by atomic mass is 32.2. The minimum atomic E-state index is 0.574. The van der Waals surface area contributed by atoms with Gasteiger partial charge >= 0.3 is 0 Å². The van der Waals surface area contributed by atoms with Gasteiger partial charge < -0.3 is 9.26 Å². The maximum atomic E-state index is 5.34. The van der Waals surface area contributed by atoms with Crippen molar-refractivity contribution in [3.8, 4) is 17.1 Å². The molecular weight excluding hydrogens is 334 g/mol. The third-order valence-electron chi connectivity index (χ3n) is 3.73. The Labute approximate surface area is 149 Å². The van der Waals surface area contributed by atoms with E-state index < -0.39 is 0 Å². The molecule has 124 valence electrons. The van der Waals surface area contributed by atoms with Gasteiger partial charge in [-0.2, -0.15) is 4.98 Å². The Kier molecular flexibility index (Phi) is 4.35. The molecule has 0 saturated heterocycles. The Morgan fingerprint density at radius 2 is 1.80 bits per heavy atom. The Hall–Kier alpha value is -2.86. The maximum Gasteiger partial charge on any atom is 0.237 e. The van der Waals surface area contributed by atoms with Crippen LogP contribution in [-0.4, -0.2) is 22.2 Å². The lowest BCUT2D eigenvalue weighted by atomic mass is 10.2. The van der Waals surface area contributed by atoms with Gasteiger partial charge in [0.05, 0.1) is 23.4 Å². The molecule has 2 heterocycles. The highest BCUT2D eigenvalue weighted by Gasteiger charge is 2.10. The van der Waals surface area contributed by atoms with Gasteiger partial charge in [-0.25, -0.2) is 4.98 Å². The molecule has 25 heavy (non-hydrogen) atoms. The van der Waals surface area contributed by atoms with E-state index in [1.165, 1.54) is 0 Å². The van der Waals surface area contributed by atoms with Gasteiger partial charge in [0, 0.05) is 10.9 Å². The summed E-state index contributed by atoms with van der Waals surface area (Å²) in [5.74, 6) is 2.52. The van der Waals surface area contributed by atoms with Crippen molar-refractivity contribution in [2.24, 2.45) is 0 Å². The van der Waals surface area contributed by atoms with Crippen molar-refractivity contribution in [1.82, 2.24) is 15.1 Å². The Morgan fingerprint density at radius 1 is 0.960 bits per heavy atom. The van der Waals surface area contributed by atoms with Gasteiger partial charge in [0.15, 0.2) is 0 Å². The molecule has 0 unspecified atom stereocenters. The van der Waals surface area contributed by atoms with Crippen LogP contribution in [0.5, 0.6) is 5.75 Å². The molecule has 0 aliphatic heterocycles. The number of ether oxygens (including phenoxy) is 1. The van der Waals surface area contributed by atoms with Crippen LogP contribution in [0.1, 0.15) is 5.89 Å². The largest absolute Gasteiger partial charge is 0.497 e. The number of thioether (sulfide) groups is 1. The maximum absolute atomic E-state index is 5.34. The molecule has 0 N–H and O–H groups in total. The average molecular weight is 349 g/mol. The van der Waals surface area contributed by atoms with E-state index >= 15 is 0 Å². The summed E-state index contributed by atoms with van der Waals surface area (Å²) < 4.78 is 10.5. The number of hydrogen-bond acceptors (Lipinski definition) is 6. The predicted molar refractivity (Wildman–Crippen MR) is 97.6 cm³/mol. The number of methoxy groups -OCH3 is 1. The molecule has 2 aromatic carbocycles. The van der Waals surface area contributed by atoms with Crippen LogP contribution < -0.4 is 4.74 Å². The fourth-order valence-corrected chi connectivity index (χ4v) is 3.15. The minimum Gasteiger partial charge on any atom is -0.497 e. The molecule has 0 bridgehead atoms. The van der Waals surface area contributed by atoms with E-state index in [-0.39, 0.29) is 0 Å². The highest BCUT2D eigenvalue weighted by molar-refractivity contribution is 7.98. The number of pyridine rings is 1. The molecule has 4 aromatic rings. The summed E-state index contributed by atoms with van der Waals surface area (Å²) >= 11 is 1.58. The monoisotopic (exact) mass is 349 g/mol. The third kappa shape index (κ3) is 3.49. The van der Waals surface area contributed by atoms with Gasteiger partial charge in [0.2, 0.25) is 11.7 Å². The van der Waals surface area contributed by atoms with Gasteiger partial charge in [0.25, 0.3) is 0 Å². The van der Waals surface area contributed by atoms with Crippen LogP contribution >= 0.6 is 11.8 Å². The number of para-hydroxylation sites is 1. The van der Waals surface area contributed by atoms with E-state index in [0.29, 0.717) is 17.5 Å². The van der Waals surface area contributed by atoms with Crippen LogP contribution in [0.2, 0.25) is 0 Å². The molecule has 0 atom stereocenters. The van der Waals surface area contributed by atoms with E-state index in [1.54, 1.807) is 18.9 Å². The first-order valence-electron chi connectivity index (χ1n) is 7.77. The van der Waals surface area contributed by atoms with Gasteiger partial charge in [0.1, 0.15) is 5.75 Å². The van der Waals surface area contributed by atoms with E-state index in [1.807, 2.05) is 48.5 Å². The zero-order chi connectivity index (χ0) is 17.1. The summed E-state index contributed by atoms with van der Waals surface area (Å²) in [5, 5.41) is 6.11. The van der Waals surface area contributed by atoms with Crippen molar-refractivity contribution in [3.05, 3.63) is 66.6 Å². The molecule has 0 amide bonds. The van der Waals surface area contributed by atoms with Gasteiger partial charge in [-0.1, -0.05) is 41.2 Å². The lowest BCUT2D eigenvalue weighted by molar-refractivity contribution is 0.391. The Morgan fingerprint density at radius 3 is 2.64 bits per heavy atom. The first kappa shape index (κ1) is 15.7. The van der Waals surface area contributed by atoms with E-state index in [2.05, 4.69) is 27.3 Å². The van der Waals surface area contributed by atoms with Crippen molar-refractivity contribution < 1.29 is 9.26 Å². The van der Waals surface area contributed by atoms with Crippen LogP contribution in [0, 0.1) is 0 Å². The third-order valence-corrected chi connectivity index (χ3v) is 4.65. The Bertz CT molecular complexity index is 999. The molecule has 0 radical (unpaired) electrons. The first-order chi connectivity index (χ1) is 12.3. The van der Waals surface area contributed by atoms with Crippen molar-refractivity contribution in [2.45, 2.75) is 10.8 Å². The second-order valence-corrected chi connectivity index (χ2v) is 6.37. The van der Waals surface area contributed by atoms with Crippen molar-refractivity contribution in [1.29, 1.82) is 0 Å². The van der Waals surface area contributed by atoms with Crippen LogP contribution in [0.3, 0.4) is 0 Å². The quantitative estimate of drug-likeness (QED) is 0.491. The zero-order valence-corrected chi connectivity index (χ0v) is 14.4. The molecule has 0 saturated carbocycles. The van der Waals surface area contributed by atoms with Gasteiger partial charge in [-0.05, 0) is 36.4 Å². The van der Waals surface area contributed by atoms with Gasteiger partial charge in [-0.3, -0.25) is 0 Å². The fourth-order valence-electron chi connectivity index (χ4n) is 2.43. The van der Waals surface area contributed by atoms with E-state index in [9.17, 15) is 0 Å². The normalized spacial score (nSPS) is 10.9. The molecular formula is C19H15N3O2S. The second kappa shape index (κ2) is 6.94. The van der Waals surface area contributed by atoms with Crippen LogP contribution in [-0.2, 0) is 5.75 Å². The molecule has 5 nitrogen and oxygen atoms in total. The fraction of sp³-hybridized carbons (Fsp3) is 0.105. The number of aromatic nitrogens is 3. The van der Waals surface area contributed by atoms with Crippen molar-refractivity contribution in [3.63, 3.8) is 0 Å². The molecule has 0 fully saturated rings. The number of benzene rings is 2.